The maximum atomic E-state index is 10.8. The van der Waals surface area contributed by atoms with E-state index in [1.165, 1.54) is 0 Å². The standard InChI is InChI=1S/C9H9O3P/c10-9(12-13-11)7-6-8-4-2-1-3-5-8/h1-5H,6-7H2. The third-order valence-corrected chi connectivity index (χ3v) is 1.88. The van der Waals surface area contributed by atoms with E-state index in [1.807, 2.05) is 30.3 Å². The van der Waals surface area contributed by atoms with Gasteiger partial charge < -0.3 is 4.52 Å². The van der Waals surface area contributed by atoms with Crippen LogP contribution in [0.3, 0.4) is 0 Å². The summed E-state index contributed by atoms with van der Waals surface area (Å²) in [7, 11) is -0.574. The van der Waals surface area contributed by atoms with Crippen molar-refractivity contribution in [2.45, 2.75) is 12.8 Å². The Morgan fingerprint density at radius 3 is 2.62 bits per heavy atom. The van der Waals surface area contributed by atoms with Crippen LogP contribution in [-0.4, -0.2) is 5.97 Å². The van der Waals surface area contributed by atoms with Gasteiger partial charge in [-0.15, -0.1) is 0 Å². The van der Waals surface area contributed by atoms with E-state index in [1.54, 1.807) is 0 Å². The minimum Gasteiger partial charge on any atom is -0.373 e. The number of benzene rings is 1. The highest BCUT2D eigenvalue weighted by atomic mass is 31.1. The lowest BCUT2D eigenvalue weighted by Gasteiger charge is -1.97. The average molecular weight is 196 g/mol. The maximum Gasteiger partial charge on any atom is 0.398 e. The second kappa shape index (κ2) is 5.44. The molecule has 0 radical (unpaired) electrons. The normalized spacial score (nSPS) is 9.85. The van der Waals surface area contributed by atoms with E-state index in [4.69, 9.17) is 0 Å². The molecule has 0 aliphatic carbocycles. The molecule has 0 aliphatic rings. The molecule has 0 unspecified atom stereocenters. The largest absolute Gasteiger partial charge is 0.398 e. The van der Waals surface area contributed by atoms with Crippen molar-refractivity contribution in [3.63, 3.8) is 0 Å². The van der Waals surface area contributed by atoms with Crippen LogP contribution in [0.5, 0.6) is 0 Å². The van der Waals surface area contributed by atoms with E-state index in [2.05, 4.69) is 4.52 Å². The van der Waals surface area contributed by atoms with Crippen molar-refractivity contribution in [3.05, 3.63) is 35.9 Å². The highest BCUT2D eigenvalue weighted by Crippen LogP contribution is 2.05. The van der Waals surface area contributed by atoms with E-state index in [0.717, 1.165) is 5.56 Å². The second-order valence-corrected chi connectivity index (χ2v) is 2.86. The van der Waals surface area contributed by atoms with Gasteiger partial charge in [0, 0.05) is 0 Å². The van der Waals surface area contributed by atoms with Crippen LogP contribution in [0.4, 0.5) is 0 Å². The van der Waals surface area contributed by atoms with Gasteiger partial charge in [0.2, 0.25) is 0 Å². The summed E-state index contributed by atoms with van der Waals surface area (Å²) in [5.74, 6) is -0.444. The third-order valence-electron chi connectivity index (χ3n) is 1.60. The number of hydrogen-bond acceptors (Lipinski definition) is 3. The Morgan fingerprint density at radius 1 is 1.31 bits per heavy atom. The van der Waals surface area contributed by atoms with E-state index < -0.39 is 14.7 Å². The maximum absolute atomic E-state index is 10.8. The lowest BCUT2D eigenvalue weighted by molar-refractivity contribution is -0.133. The van der Waals surface area contributed by atoms with Crippen molar-refractivity contribution in [2.24, 2.45) is 0 Å². The predicted molar refractivity (Wildman–Crippen MR) is 48.5 cm³/mol. The summed E-state index contributed by atoms with van der Waals surface area (Å²) in [5.41, 5.74) is 1.07. The van der Waals surface area contributed by atoms with Gasteiger partial charge in [0.15, 0.2) is 0 Å². The van der Waals surface area contributed by atoms with Crippen molar-refractivity contribution < 1.29 is 13.9 Å². The molecule has 0 aliphatic heterocycles. The minimum absolute atomic E-state index is 0.263. The average Bonchev–Trinajstić information content (AvgIpc) is 2.17. The van der Waals surface area contributed by atoms with Crippen molar-refractivity contribution in [1.82, 2.24) is 0 Å². The van der Waals surface area contributed by atoms with Crippen LogP contribution in [0.2, 0.25) is 0 Å². The second-order valence-electron chi connectivity index (χ2n) is 2.52. The summed E-state index contributed by atoms with van der Waals surface area (Å²) in [6.07, 6.45) is 0.883. The van der Waals surface area contributed by atoms with Gasteiger partial charge in [-0.3, -0.25) is 4.79 Å². The highest BCUT2D eigenvalue weighted by Gasteiger charge is 2.02. The van der Waals surface area contributed by atoms with Crippen LogP contribution in [0, 0.1) is 0 Å². The van der Waals surface area contributed by atoms with Crippen LogP contribution >= 0.6 is 8.69 Å². The molecule has 4 heteroatoms. The van der Waals surface area contributed by atoms with Crippen molar-refractivity contribution >= 4 is 14.7 Å². The Labute approximate surface area is 78.0 Å². The zero-order valence-electron chi connectivity index (χ0n) is 6.97. The first-order valence-electron chi connectivity index (χ1n) is 3.89. The van der Waals surface area contributed by atoms with E-state index in [0.29, 0.717) is 6.42 Å². The van der Waals surface area contributed by atoms with Crippen LogP contribution in [0.25, 0.3) is 0 Å². The molecule has 13 heavy (non-hydrogen) atoms. The van der Waals surface area contributed by atoms with Crippen LogP contribution < -0.4 is 0 Å². The molecule has 1 rings (SSSR count). The topological polar surface area (TPSA) is 43.4 Å². The molecule has 0 bridgehead atoms. The number of rotatable bonds is 4. The van der Waals surface area contributed by atoms with Crippen molar-refractivity contribution in [2.75, 3.05) is 0 Å². The summed E-state index contributed by atoms with van der Waals surface area (Å²) >= 11 is 0. The Morgan fingerprint density at radius 2 is 2.00 bits per heavy atom. The van der Waals surface area contributed by atoms with E-state index in [9.17, 15) is 9.36 Å². The monoisotopic (exact) mass is 196 g/mol. The first-order valence-corrected chi connectivity index (χ1v) is 4.62. The molecule has 0 saturated carbocycles. The Kier molecular flexibility index (Phi) is 4.13. The molecule has 1 aromatic carbocycles. The van der Waals surface area contributed by atoms with Gasteiger partial charge in [-0.25, -0.2) is 4.57 Å². The molecule has 0 saturated heterocycles. The van der Waals surface area contributed by atoms with Crippen LogP contribution in [0.1, 0.15) is 12.0 Å². The number of aryl methyl sites for hydroxylation is 1. The summed E-state index contributed by atoms with van der Waals surface area (Å²) < 4.78 is 14.1. The summed E-state index contributed by atoms with van der Waals surface area (Å²) in [6, 6.07) is 9.60. The van der Waals surface area contributed by atoms with Gasteiger partial charge >= 0.3 is 14.7 Å². The minimum atomic E-state index is -0.574. The molecule has 0 fully saturated rings. The van der Waals surface area contributed by atoms with Gasteiger partial charge in [-0.2, -0.15) is 0 Å². The Hall–Kier alpha value is -1.21. The lowest BCUT2D eigenvalue weighted by atomic mass is 10.1. The molecule has 3 nitrogen and oxygen atoms in total. The molecule has 1 aromatic rings. The van der Waals surface area contributed by atoms with Gasteiger partial charge in [0.25, 0.3) is 0 Å². The molecule has 0 atom stereocenters. The summed E-state index contributed by atoms with van der Waals surface area (Å²) in [4.78, 5) is 10.8. The quantitative estimate of drug-likeness (QED) is 0.694. The first kappa shape index (κ1) is 9.87. The smallest absolute Gasteiger partial charge is 0.373 e. The Balaban J connectivity index is 2.35. The predicted octanol–water partition coefficient (Wildman–Crippen LogP) is 2.37. The van der Waals surface area contributed by atoms with Gasteiger partial charge in [-0.1, -0.05) is 30.3 Å². The third kappa shape index (κ3) is 3.81. The molecular formula is C9H9O3P. The summed E-state index contributed by atoms with van der Waals surface area (Å²) in [6.45, 7) is 0. The molecule has 0 aromatic heterocycles. The fourth-order valence-corrected chi connectivity index (χ4v) is 1.15. The zero-order chi connectivity index (χ0) is 9.52. The highest BCUT2D eigenvalue weighted by molar-refractivity contribution is 7.18. The van der Waals surface area contributed by atoms with Gasteiger partial charge in [0.05, 0.1) is 6.42 Å². The van der Waals surface area contributed by atoms with Crippen LogP contribution in [-0.2, 0) is 20.3 Å². The van der Waals surface area contributed by atoms with Crippen molar-refractivity contribution in [1.29, 1.82) is 0 Å². The van der Waals surface area contributed by atoms with Crippen molar-refractivity contribution in [3.8, 4) is 0 Å². The van der Waals surface area contributed by atoms with E-state index >= 15 is 0 Å². The molecule has 0 N–H and O–H groups in total. The lowest BCUT2D eigenvalue weighted by Crippen LogP contribution is -1.98. The van der Waals surface area contributed by atoms with Crippen LogP contribution in [0.15, 0.2) is 30.3 Å². The first-order chi connectivity index (χ1) is 6.33. The number of carbonyl (C=O) groups excluding carboxylic acids is 1. The number of carbonyl (C=O) groups is 1. The molecule has 0 amide bonds. The fourth-order valence-electron chi connectivity index (χ4n) is 0.978. The fraction of sp³-hybridized carbons (Fsp3) is 0.222. The molecule has 0 spiro atoms. The SMILES string of the molecule is O=POC(=O)CCc1ccccc1. The Bertz CT molecular complexity index is 284. The van der Waals surface area contributed by atoms with Gasteiger partial charge in [-0.05, 0) is 12.0 Å². The van der Waals surface area contributed by atoms with E-state index in [-0.39, 0.29) is 6.42 Å². The zero-order valence-corrected chi connectivity index (χ0v) is 7.87. The molecule has 68 valence electrons. The van der Waals surface area contributed by atoms with Gasteiger partial charge in [0.1, 0.15) is 0 Å². The summed E-state index contributed by atoms with van der Waals surface area (Å²) in [5, 5.41) is 0. The molecule has 0 heterocycles. The number of hydrogen-bond donors (Lipinski definition) is 0. The molecular weight excluding hydrogens is 187 g/mol.